The lowest BCUT2D eigenvalue weighted by molar-refractivity contribution is -0.0110. The van der Waals surface area contributed by atoms with Crippen LogP contribution >= 0.6 is 0 Å². The molecule has 1 unspecified atom stereocenters. The molecule has 5 heteroatoms. The molecule has 0 radical (unpaired) electrons. The van der Waals surface area contributed by atoms with Gasteiger partial charge < -0.3 is 14.0 Å². The van der Waals surface area contributed by atoms with Crippen LogP contribution in [0, 0.1) is 13.8 Å². The second-order valence-corrected chi connectivity index (χ2v) is 7.05. The Hall–Kier alpha value is -2.40. The van der Waals surface area contributed by atoms with E-state index in [2.05, 4.69) is 28.6 Å². The molecule has 3 aromatic rings. The van der Waals surface area contributed by atoms with Gasteiger partial charge in [-0.15, -0.1) is 0 Å². The Kier molecular flexibility index (Phi) is 4.64. The number of hydrogen-bond donors (Lipinski definition) is 0. The minimum Gasteiger partial charge on any atom is -0.491 e. The van der Waals surface area contributed by atoms with Crippen molar-refractivity contribution in [2.24, 2.45) is 7.05 Å². The zero-order chi connectivity index (χ0) is 18.1. The second-order valence-electron chi connectivity index (χ2n) is 7.05. The fraction of sp³-hybridized carbons (Fsp3) is 0.429. The zero-order valence-corrected chi connectivity index (χ0v) is 15.7. The molecule has 1 saturated heterocycles. The summed E-state index contributed by atoms with van der Waals surface area (Å²) < 4.78 is 13.8. The minimum atomic E-state index is 0.217. The van der Waals surface area contributed by atoms with Crippen molar-refractivity contribution in [1.82, 2.24) is 14.5 Å². The van der Waals surface area contributed by atoms with Gasteiger partial charge in [-0.25, -0.2) is 9.97 Å². The molecule has 0 amide bonds. The predicted molar refractivity (Wildman–Crippen MR) is 103 cm³/mol. The van der Waals surface area contributed by atoms with E-state index in [0.29, 0.717) is 6.61 Å². The lowest BCUT2D eigenvalue weighted by Crippen LogP contribution is -2.25. The summed E-state index contributed by atoms with van der Waals surface area (Å²) in [6, 6.07) is 8.23. The van der Waals surface area contributed by atoms with Crippen molar-refractivity contribution < 1.29 is 9.47 Å². The average Bonchev–Trinajstić information content (AvgIpc) is 3.00. The Labute approximate surface area is 154 Å². The number of nitrogens with zero attached hydrogens (tertiary/aromatic N) is 3. The van der Waals surface area contributed by atoms with E-state index < -0.39 is 0 Å². The van der Waals surface area contributed by atoms with Crippen LogP contribution in [0.15, 0.2) is 30.5 Å². The van der Waals surface area contributed by atoms with Gasteiger partial charge in [0.05, 0.1) is 29.2 Å². The van der Waals surface area contributed by atoms with Gasteiger partial charge in [-0.2, -0.15) is 0 Å². The number of benzene rings is 1. The Bertz CT molecular complexity index is 926. The highest BCUT2D eigenvalue weighted by atomic mass is 16.5. The second kappa shape index (κ2) is 7.08. The summed E-state index contributed by atoms with van der Waals surface area (Å²) in [6.45, 7) is 5.58. The number of rotatable bonds is 4. The Morgan fingerprint density at radius 3 is 2.85 bits per heavy atom. The molecule has 1 aliphatic rings. The summed E-state index contributed by atoms with van der Waals surface area (Å²) in [5.41, 5.74) is 4.13. The standard InChI is InChI=1S/C21H25N3O2/c1-14-10-20(21-12-22-15(2)24(21)3)23-19-8-7-16(11-18(14)19)26-13-17-6-4-5-9-25-17/h7-8,10-12,17H,4-6,9,13H2,1-3H3. The van der Waals surface area contributed by atoms with E-state index in [9.17, 15) is 0 Å². The molecule has 3 heterocycles. The third kappa shape index (κ3) is 3.31. The van der Waals surface area contributed by atoms with Crippen LogP contribution in [0.2, 0.25) is 0 Å². The van der Waals surface area contributed by atoms with Crippen LogP contribution in [-0.2, 0) is 11.8 Å². The maximum Gasteiger partial charge on any atom is 0.120 e. The van der Waals surface area contributed by atoms with Crippen LogP contribution in [0.1, 0.15) is 30.7 Å². The lowest BCUT2D eigenvalue weighted by atomic mass is 10.1. The van der Waals surface area contributed by atoms with Crippen molar-refractivity contribution >= 4 is 10.9 Å². The van der Waals surface area contributed by atoms with Crippen molar-refractivity contribution in [2.45, 2.75) is 39.2 Å². The number of ether oxygens (including phenoxy) is 2. The average molecular weight is 351 g/mol. The van der Waals surface area contributed by atoms with E-state index in [1.165, 1.54) is 12.0 Å². The van der Waals surface area contributed by atoms with Gasteiger partial charge in [-0.3, -0.25) is 0 Å². The van der Waals surface area contributed by atoms with Crippen LogP contribution in [0.25, 0.3) is 22.3 Å². The summed E-state index contributed by atoms with van der Waals surface area (Å²) in [6.07, 6.45) is 5.57. The molecule has 0 bridgehead atoms. The number of aryl methyl sites for hydroxylation is 2. The first kappa shape index (κ1) is 17.0. The minimum absolute atomic E-state index is 0.217. The van der Waals surface area contributed by atoms with E-state index in [1.54, 1.807) is 0 Å². The van der Waals surface area contributed by atoms with E-state index in [1.807, 2.05) is 32.3 Å². The number of hydrogen-bond acceptors (Lipinski definition) is 4. The molecular formula is C21H25N3O2. The van der Waals surface area contributed by atoms with Crippen LogP contribution in [-0.4, -0.2) is 33.9 Å². The van der Waals surface area contributed by atoms with E-state index >= 15 is 0 Å². The number of fused-ring (bicyclic) bond motifs is 1. The summed E-state index contributed by atoms with van der Waals surface area (Å²) in [7, 11) is 2.02. The van der Waals surface area contributed by atoms with Gasteiger partial charge in [-0.1, -0.05) is 0 Å². The van der Waals surface area contributed by atoms with Crippen LogP contribution in [0.4, 0.5) is 0 Å². The molecule has 2 aromatic heterocycles. The Morgan fingerprint density at radius 1 is 1.23 bits per heavy atom. The predicted octanol–water partition coefficient (Wildman–Crippen LogP) is 4.20. The highest BCUT2D eigenvalue weighted by molar-refractivity contribution is 5.85. The van der Waals surface area contributed by atoms with Crippen molar-refractivity contribution in [1.29, 1.82) is 0 Å². The third-order valence-corrected chi connectivity index (χ3v) is 5.18. The lowest BCUT2D eigenvalue weighted by Gasteiger charge is -2.22. The molecule has 26 heavy (non-hydrogen) atoms. The normalized spacial score (nSPS) is 17.6. The fourth-order valence-electron chi connectivity index (χ4n) is 3.46. The number of imidazole rings is 1. The zero-order valence-electron chi connectivity index (χ0n) is 15.7. The van der Waals surface area contributed by atoms with Gasteiger partial charge in [-0.05, 0) is 62.9 Å². The molecule has 1 aromatic carbocycles. The summed E-state index contributed by atoms with van der Waals surface area (Å²) >= 11 is 0. The molecule has 0 N–H and O–H groups in total. The summed E-state index contributed by atoms with van der Waals surface area (Å²) in [5.74, 6) is 1.86. The van der Waals surface area contributed by atoms with Gasteiger partial charge in [0.25, 0.3) is 0 Å². The highest BCUT2D eigenvalue weighted by Gasteiger charge is 2.15. The largest absolute Gasteiger partial charge is 0.491 e. The molecule has 5 nitrogen and oxygen atoms in total. The van der Waals surface area contributed by atoms with Crippen molar-refractivity contribution in [2.75, 3.05) is 13.2 Å². The molecule has 1 atom stereocenters. The highest BCUT2D eigenvalue weighted by Crippen LogP contribution is 2.28. The number of pyridine rings is 1. The molecule has 0 spiro atoms. The molecule has 0 saturated carbocycles. The molecule has 0 aliphatic carbocycles. The smallest absolute Gasteiger partial charge is 0.120 e. The Morgan fingerprint density at radius 2 is 2.12 bits per heavy atom. The summed E-state index contributed by atoms with van der Waals surface area (Å²) in [4.78, 5) is 9.21. The quantitative estimate of drug-likeness (QED) is 0.707. The van der Waals surface area contributed by atoms with Gasteiger partial charge >= 0.3 is 0 Å². The first-order chi connectivity index (χ1) is 12.6. The van der Waals surface area contributed by atoms with Crippen molar-refractivity contribution in [3.05, 3.63) is 41.9 Å². The van der Waals surface area contributed by atoms with Gasteiger partial charge in [0.2, 0.25) is 0 Å². The van der Waals surface area contributed by atoms with Crippen LogP contribution in [0.3, 0.4) is 0 Å². The maximum absolute atomic E-state index is 5.98. The van der Waals surface area contributed by atoms with Crippen LogP contribution < -0.4 is 4.74 Å². The maximum atomic E-state index is 5.98. The van der Waals surface area contributed by atoms with Gasteiger partial charge in [0.15, 0.2) is 0 Å². The fourth-order valence-corrected chi connectivity index (χ4v) is 3.46. The van der Waals surface area contributed by atoms with Gasteiger partial charge in [0.1, 0.15) is 18.2 Å². The topological polar surface area (TPSA) is 49.2 Å². The van der Waals surface area contributed by atoms with E-state index in [-0.39, 0.29) is 6.10 Å². The van der Waals surface area contributed by atoms with E-state index in [4.69, 9.17) is 14.5 Å². The van der Waals surface area contributed by atoms with Crippen LogP contribution in [0.5, 0.6) is 5.75 Å². The molecule has 4 rings (SSSR count). The van der Waals surface area contributed by atoms with Crippen molar-refractivity contribution in [3.63, 3.8) is 0 Å². The van der Waals surface area contributed by atoms with Gasteiger partial charge in [0, 0.05) is 19.0 Å². The SMILES string of the molecule is Cc1cc(-c2cnc(C)n2C)nc2ccc(OCC3CCCCO3)cc12. The van der Waals surface area contributed by atoms with E-state index in [0.717, 1.165) is 53.3 Å². The Balaban J connectivity index is 1.59. The molecule has 1 fully saturated rings. The first-order valence-electron chi connectivity index (χ1n) is 9.26. The first-order valence-corrected chi connectivity index (χ1v) is 9.26. The molecule has 1 aliphatic heterocycles. The molecular weight excluding hydrogens is 326 g/mol. The third-order valence-electron chi connectivity index (χ3n) is 5.18. The molecule has 136 valence electrons. The monoisotopic (exact) mass is 351 g/mol. The summed E-state index contributed by atoms with van der Waals surface area (Å²) in [5, 5.41) is 1.12. The number of aromatic nitrogens is 3. The van der Waals surface area contributed by atoms with Crippen molar-refractivity contribution in [3.8, 4) is 17.1 Å².